The van der Waals surface area contributed by atoms with Crippen molar-refractivity contribution in [2.24, 2.45) is 0 Å². The van der Waals surface area contributed by atoms with Crippen LogP contribution in [-0.2, 0) is 0 Å². The highest BCUT2D eigenvalue weighted by Crippen LogP contribution is 2.10. The van der Waals surface area contributed by atoms with Gasteiger partial charge in [0.05, 0.1) is 7.11 Å². The second kappa shape index (κ2) is 5.09. The van der Waals surface area contributed by atoms with Crippen molar-refractivity contribution in [3.8, 4) is 5.88 Å². The van der Waals surface area contributed by atoms with E-state index in [1.54, 1.807) is 13.2 Å². The third-order valence-corrected chi connectivity index (χ3v) is 2.91. The summed E-state index contributed by atoms with van der Waals surface area (Å²) < 4.78 is 5.03. The van der Waals surface area contributed by atoms with Gasteiger partial charge in [-0.25, -0.2) is 9.97 Å². The Bertz CT molecular complexity index is 401. The number of amidine groups is 1. The van der Waals surface area contributed by atoms with Gasteiger partial charge in [-0.05, 0) is 7.05 Å². The van der Waals surface area contributed by atoms with Crippen LogP contribution in [0.3, 0.4) is 0 Å². The van der Waals surface area contributed by atoms with Crippen molar-refractivity contribution in [1.82, 2.24) is 19.8 Å². The topological polar surface area (TPSA) is 65.3 Å². The molecule has 2 rings (SSSR count). The van der Waals surface area contributed by atoms with Gasteiger partial charge in [-0.1, -0.05) is 0 Å². The van der Waals surface area contributed by atoms with Crippen LogP contribution in [0.5, 0.6) is 5.88 Å². The third-order valence-electron chi connectivity index (χ3n) is 2.91. The minimum atomic E-state index is 0.443. The lowest BCUT2D eigenvalue weighted by Crippen LogP contribution is -2.47. The molecule has 0 spiro atoms. The first kappa shape index (κ1) is 11.8. The average molecular weight is 235 g/mol. The van der Waals surface area contributed by atoms with Gasteiger partial charge in [-0.3, -0.25) is 5.41 Å². The lowest BCUT2D eigenvalue weighted by atomic mass is 10.2. The Morgan fingerprint density at radius 2 is 2.00 bits per heavy atom. The fourth-order valence-electron chi connectivity index (χ4n) is 1.77. The Balaban J connectivity index is 2.08. The molecule has 1 aliphatic rings. The maximum absolute atomic E-state index is 8.12. The van der Waals surface area contributed by atoms with E-state index in [4.69, 9.17) is 10.1 Å². The molecule has 0 atom stereocenters. The number of aromatic nitrogens is 2. The first-order valence-corrected chi connectivity index (χ1v) is 5.59. The number of nitrogens with one attached hydrogen (secondary N) is 1. The summed E-state index contributed by atoms with van der Waals surface area (Å²) in [5.41, 5.74) is 0.612. The van der Waals surface area contributed by atoms with Crippen molar-refractivity contribution in [3.63, 3.8) is 0 Å². The van der Waals surface area contributed by atoms with Crippen LogP contribution in [0.2, 0.25) is 0 Å². The fourth-order valence-corrected chi connectivity index (χ4v) is 1.77. The molecule has 92 valence electrons. The zero-order chi connectivity index (χ0) is 12.3. The van der Waals surface area contributed by atoms with Gasteiger partial charge >= 0.3 is 0 Å². The summed E-state index contributed by atoms with van der Waals surface area (Å²) in [4.78, 5) is 12.3. The SMILES string of the molecule is COc1cc(C(=N)N2CCN(C)CC2)ncn1. The molecule has 1 N–H and O–H groups in total. The molecular weight excluding hydrogens is 218 g/mol. The Labute approximate surface area is 101 Å². The minimum Gasteiger partial charge on any atom is -0.481 e. The number of nitrogens with zero attached hydrogens (tertiary/aromatic N) is 4. The molecular formula is C11H17N5O. The van der Waals surface area contributed by atoms with Crippen molar-refractivity contribution in [2.45, 2.75) is 0 Å². The van der Waals surface area contributed by atoms with Crippen molar-refractivity contribution < 1.29 is 4.74 Å². The molecule has 0 bridgehead atoms. The summed E-state index contributed by atoms with van der Waals surface area (Å²) in [5, 5.41) is 8.12. The van der Waals surface area contributed by atoms with E-state index >= 15 is 0 Å². The highest BCUT2D eigenvalue weighted by Gasteiger charge is 2.18. The molecule has 1 aliphatic heterocycles. The summed E-state index contributed by atoms with van der Waals surface area (Å²) >= 11 is 0. The van der Waals surface area contributed by atoms with Crippen molar-refractivity contribution in [3.05, 3.63) is 18.1 Å². The van der Waals surface area contributed by atoms with E-state index in [0.29, 0.717) is 17.4 Å². The van der Waals surface area contributed by atoms with E-state index in [0.717, 1.165) is 26.2 Å². The third kappa shape index (κ3) is 2.71. The number of hydrogen-bond acceptors (Lipinski definition) is 5. The predicted molar refractivity (Wildman–Crippen MR) is 64.5 cm³/mol. The van der Waals surface area contributed by atoms with Gasteiger partial charge in [0.1, 0.15) is 17.9 Å². The highest BCUT2D eigenvalue weighted by molar-refractivity contribution is 5.94. The molecule has 0 aromatic carbocycles. The molecule has 0 aliphatic carbocycles. The maximum Gasteiger partial charge on any atom is 0.216 e. The first-order chi connectivity index (χ1) is 8.20. The summed E-state index contributed by atoms with van der Waals surface area (Å²) in [6.07, 6.45) is 1.43. The maximum atomic E-state index is 8.12. The zero-order valence-electron chi connectivity index (χ0n) is 10.2. The Hall–Kier alpha value is -1.69. The van der Waals surface area contributed by atoms with Gasteiger partial charge in [-0.15, -0.1) is 0 Å². The second-order valence-electron chi connectivity index (χ2n) is 4.08. The van der Waals surface area contributed by atoms with Gasteiger partial charge < -0.3 is 14.5 Å². The number of hydrogen-bond donors (Lipinski definition) is 1. The van der Waals surface area contributed by atoms with Crippen LogP contribution in [0, 0.1) is 5.41 Å². The van der Waals surface area contributed by atoms with E-state index in [2.05, 4.69) is 21.9 Å². The average Bonchev–Trinajstić information content (AvgIpc) is 2.39. The van der Waals surface area contributed by atoms with E-state index < -0.39 is 0 Å². The molecule has 0 amide bonds. The largest absolute Gasteiger partial charge is 0.481 e. The quantitative estimate of drug-likeness (QED) is 0.580. The molecule has 2 heterocycles. The van der Waals surface area contributed by atoms with Gasteiger partial charge in [0.15, 0.2) is 0 Å². The van der Waals surface area contributed by atoms with E-state index in [1.165, 1.54) is 6.33 Å². The number of methoxy groups -OCH3 is 1. The minimum absolute atomic E-state index is 0.443. The van der Waals surface area contributed by atoms with Gasteiger partial charge in [-0.2, -0.15) is 0 Å². The van der Waals surface area contributed by atoms with Crippen LogP contribution in [0.25, 0.3) is 0 Å². The summed E-state index contributed by atoms with van der Waals surface area (Å²) in [5.74, 6) is 0.938. The fraction of sp³-hybridized carbons (Fsp3) is 0.545. The van der Waals surface area contributed by atoms with Crippen molar-refractivity contribution in [1.29, 1.82) is 5.41 Å². The molecule has 6 heteroatoms. The number of piperazine rings is 1. The van der Waals surface area contributed by atoms with Crippen LogP contribution >= 0.6 is 0 Å². The molecule has 17 heavy (non-hydrogen) atoms. The molecule has 1 fully saturated rings. The lowest BCUT2D eigenvalue weighted by Gasteiger charge is -2.33. The van der Waals surface area contributed by atoms with Crippen LogP contribution < -0.4 is 4.74 Å². The van der Waals surface area contributed by atoms with Gasteiger partial charge in [0, 0.05) is 32.2 Å². The van der Waals surface area contributed by atoms with Gasteiger partial charge in [0.25, 0.3) is 0 Å². The van der Waals surface area contributed by atoms with Crippen LogP contribution in [0.1, 0.15) is 5.69 Å². The Morgan fingerprint density at radius 3 is 2.65 bits per heavy atom. The van der Waals surface area contributed by atoms with Crippen LogP contribution in [-0.4, -0.2) is 65.9 Å². The normalized spacial score (nSPS) is 16.9. The van der Waals surface area contributed by atoms with Crippen molar-refractivity contribution in [2.75, 3.05) is 40.3 Å². The molecule has 0 unspecified atom stereocenters. The first-order valence-electron chi connectivity index (χ1n) is 5.59. The summed E-state index contributed by atoms with van der Waals surface area (Å²) in [6, 6.07) is 1.70. The monoisotopic (exact) mass is 235 g/mol. The number of likely N-dealkylation sites (N-methyl/N-ethyl adjacent to an activating group) is 1. The molecule has 1 aromatic rings. The van der Waals surface area contributed by atoms with E-state index in [-0.39, 0.29) is 0 Å². The van der Waals surface area contributed by atoms with E-state index in [9.17, 15) is 0 Å². The molecule has 1 aromatic heterocycles. The van der Waals surface area contributed by atoms with Crippen LogP contribution in [0.4, 0.5) is 0 Å². The van der Waals surface area contributed by atoms with Gasteiger partial charge in [0.2, 0.25) is 5.88 Å². The predicted octanol–water partition coefficient (Wildman–Crippen LogP) is 0.0580. The zero-order valence-corrected chi connectivity index (χ0v) is 10.2. The highest BCUT2D eigenvalue weighted by atomic mass is 16.5. The summed E-state index contributed by atoms with van der Waals surface area (Å²) in [7, 11) is 3.65. The molecule has 1 saturated heterocycles. The van der Waals surface area contributed by atoms with Crippen molar-refractivity contribution >= 4 is 5.84 Å². The Morgan fingerprint density at radius 1 is 1.29 bits per heavy atom. The Kier molecular flexibility index (Phi) is 3.53. The molecule has 0 radical (unpaired) electrons. The van der Waals surface area contributed by atoms with Crippen LogP contribution in [0.15, 0.2) is 12.4 Å². The van der Waals surface area contributed by atoms with E-state index in [1.807, 2.05) is 4.90 Å². The molecule has 6 nitrogen and oxygen atoms in total. The smallest absolute Gasteiger partial charge is 0.216 e. The second-order valence-corrected chi connectivity index (χ2v) is 4.08. The molecule has 0 saturated carbocycles. The number of ether oxygens (including phenoxy) is 1. The number of rotatable bonds is 2. The lowest BCUT2D eigenvalue weighted by molar-refractivity contribution is 0.215. The summed E-state index contributed by atoms with van der Waals surface area (Å²) in [6.45, 7) is 3.68. The standard InChI is InChI=1S/C11H17N5O/c1-15-3-5-16(6-4-15)11(12)9-7-10(17-2)14-8-13-9/h7-8,12H,3-6H2,1-2H3.